The van der Waals surface area contributed by atoms with E-state index in [0.29, 0.717) is 24.6 Å². The molecule has 3 N–H and O–H groups in total. The van der Waals surface area contributed by atoms with Gasteiger partial charge in [0.15, 0.2) is 11.4 Å². The number of unbranched alkanes of at least 4 members (excludes halogenated alkanes) is 1. The average Bonchev–Trinajstić information content (AvgIpc) is 3.53. The lowest BCUT2D eigenvalue weighted by atomic mass is 10.1. The third-order valence-corrected chi connectivity index (χ3v) is 5.76. The number of imidazole rings is 1. The van der Waals surface area contributed by atoms with E-state index < -0.39 is 0 Å². The Morgan fingerprint density at radius 3 is 2.61 bits per heavy atom. The molecule has 0 bridgehead atoms. The Bertz CT molecular complexity index is 1040. The lowest BCUT2D eigenvalue weighted by Gasteiger charge is -2.23. The Labute approximate surface area is 183 Å². The van der Waals surface area contributed by atoms with E-state index in [1.807, 2.05) is 28.8 Å². The molecule has 1 fully saturated rings. The first kappa shape index (κ1) is 21.3. The Balaban J connectivity index is 1.64. The van der Waals surface area contributed by atoms with Crippen molar-refractivity contribution in [2.45, 2.75) is 46.1 Å². The summed E-state index contributed by atoms with van der Waals surface area (Å²) < 4.78 is 2.05. The number of hydrogen-bond acceptors (Lipinski definition) is 6. The van der Waals surface area contributed by atoms with Gasteiger partial charge in [0.2, 0.25) is 5.95 Å². The molecule has 7 nitrogen and oxygen atoms in total. The van der Waals surface area contributed by atoms with Gasteiger partial charge in [0.05, 0.1) is 0 Å². The molecule has 7 heteroatoms. The summed E-state index contributed by atoms with van der Waals surface area (Å²) in [5, 5.41) is 3.37. The van der Waals surface area contributed by atoms with Gasteiger partial charge in [-0.25, -0.2) is 9.97 Å². The molecule has 4 rings (SSSR count). The first-order valence-corrected chi connectivity index (χ1v) is 11.3. The molecule has 0 aliphatic heterocycles. The summed E-state index contributed by atoms with van der Waals surface area (Å²) in [5.41, 5.74) is 9.17. The van der Waals surface area contributed by atoms with Crippen molar-refractivity contribution in [3.8, 4) is 0 Å². The first-order valence-electron chi connectivity index (χ1n) is 11.3. The van der Waals surface area contributed by atoms with E-state index in [-0.39, 0.29) is 5.78 Å². The molecule has 0 radical (unpaired) electrons. The lowest BCUT2D eigenvalue weighted by molar-refractivity contribution is 0.101. The largest absolute Gasteiger partial charge is 0.356 e. The lowest BCUT2D eigenvalue weighted by Crippen LogP contribution is -2.27. The molecule has 2 heterocycles. The van der Waals surface area contributed by atoms with Crippen LogP contribution in [0.15, 0.2) is 36.4 Å². The zero-order valence-electron chi connectivity index (χ0n) is 18.5. The predicted molar refractivity (Wildman–Crippen MR) is 126 cm³/mol. The molecule has 164 valence electrons. The maximum Gasteiger partial charge on any atom is 0.209 e. The molecule has 1 saturated carbocycles. The van der Waals surface area contributed by atoms with E-state index in [9.17, 15) is 4.79 Å². The molecule has 0 spiro atoms. The fraction of sp³-hybridized carbons (Fsp3) is 0.458. The van der Waals surface area contributed by atoms with E-state index in [2.05, 4.69) is 29.3 Å². The highest BCUT2D eigenvalue weighted by Gasteiger charge is 2.25. The number of nitrogens with one attached hydrogen (secondary N) is 1. The van der Waals surface area contributed by atoms with Gasteiger partial charge >= 0.3 is 0 Å². The summed E-state index contributed by atoms with van der Waals surface area (Å²) in [6.07, 6.45) is 4.99. The van der Waals surface area contributed by atoms with Gasteiger partial charge in [-0.05, 0) is 68.5 Å². The normalized spacial score (nSPS) is 13.5. The number of benzene rings is 1. The van der Waals surface area contributed by atoms with Gasteiger partial charge in [-0.3, -0.25) is 9.36 Å². The number of carbonyl (C=O) groups is 1. The highest BCUT2D eigenvalue weighted by Crippen LogP contribution is 2.32. The van der Waals surface area contributed by atoms with E-state index >= 15 is 0 Å². The summed E-state index contributed by atoms with van der Waals surface area (Å²) >= 11 is 0. The number of anilines is 3. The van der Waals surface area contributed by atoms with E-state index in [1.54, 1.807) is 6.92 Å². The van der Waals surface area contributed by atoms with Crippen molar-refractivity contribution in [2.24, 2.45) is 11.7 Å². The second-order valence-corrected chi connectivity index (χ2v) is 8.39. The Morgan fingerprint density at radius 2 is 1.97 bits per heavy atom. The molecule has 0 unspecified atom stereocenters. The van der Waals surface area contributed by atoms with Gasteiger partial charge in [0, 0.05) is 37.4 Å². The van der Waals surface area contributed by atoms with Crippen LogP contribution in [0.25, 0.3) is 11.2 Å². The van der Waals surface area contributed by atoms with Crippen LogP contribution in [0.4, 0.5) is 17.5 Å². The van der Waals surface area contributed by atoms with Crippen LogP contribution in [0.3, 0.4) is 0 Å². The molecular formula is C24H32N6O. The minimum absolute atomic E-state index is 0.0532. The van der Waals surface area contributed by atoms with Crippen LogP contribution in [0.2, 0.25) is 0 Å². The van der Waals surface area contributed by atoms with E-state index in [0.717, 1.165) is 48.1 Å². The predicted octanol–water partition coefficient (Wildman–Crippen LogP) is 4.35. The first-order chi connectivity index (χ1) is 15.1. The van der Waals surface area contributed by atoms with Gasteiger partial charge in [0.25, 0.3) is 0 Å². The third-order valence-electron chi connectivity index (χ3n) is 5.76. The van der Waals surface area contributed by atoms with E-state index in [4.69, 9.17) is 15.7 Å². The number of fused-ring (bicyclic) bond motifs is 1. The minimum atomic E-state index is 0.0532. The Hall–Kier alpha value is -2.93. The van der Waals surface area contributed by atoms with Crippen molar-refractivity contribution in [2.75, 3.05) is 29.9 Å². The number of aromatic nitrogens is 3. The summed E-state index contributed by atoms with van der Waals surface area (Å²) in [7, 11) is 0. The summed E-state index contributed by atoms with van der Waals surface area (Å²) in [6, 6.07) is 11.6. The molecule has 1 aliphatic carbocycles. The second kappa shape index (κ2) is 9.47. The summed E-state index contributed by atoms with van der Waals surface area (Å²) in [5.74, 6) is 2.59. The number of hydrogen-bond donors (Lipinski definition) is 2. The highest BCUT2D eigenvalue weighted by molar-refractivity contribution is 5.94. The molecule has 1 aromatic carbocycles. The quantitative estimate of drug-likeness (QED) is 0.448. The second-order valence-electron chi connectivity index (χ2n) is 8.39. The minimum Gasteiger partial charge on any atom is -0.356 e. The van der Waals surface area contributed by atoms with Crippen molar-refractivity contribution >= 4 is 34.4 Å². The number of rotatable bonds is 11. The Morgan fingerprint density at radius 1 is 1.19 bits per heavy atom. The third kappa shape index (κ3) is 5.05. The van der Waals surface area contributed by atoms with Gasteiger partial charge in [-0.1, -0.05) is 13.3 Å². The number of ketones is 1. The smallest absolute Gasteiger partial charge is 0.209 e. The molecule has 0 atom stereocenters. The molecule has 0 amide bonds. The van der Waals surface area contributed by atoms with E-state index in [1.165, 1.54) is 19.3 Å². The average molecular weight is 421 g/mol. The van der Waals surface area contributed by atoms with Crippen LogP contribution < -0.4 is 16.0 Å². The molecular weight excluding hydrogens is 388 g/mol. The molecule has 2 aromatic heterocycles. The molecule has 3 aromatic rings. The standard InChI is InChI=1S/C24H32N6O/c1-3-4-14-29(16-18-5-6-18)22-12-11-21-23(28-22)30(15-13-25)24(27-21)26-20-9-7-19(8-10-20)17(2)31/h7-12,18H,3-6,13-16,25H2,1-2H3,(H,26,27). The van der Waals surface area contributed by atoms with Gasteiger partial charge in [-0.2, -0.15) is 0 Å². The number of pyridine rings is 1. The number of Topliss-reactive ketones (excluding diaryl/α,β-unsaturated/α-hetero) is 1. The summed E-state index contributed by atoms with van der Waals surface area (Å²) in [6.45, 7) is 7.03. The highest BCUT2D eigenvalue weighted by atomic mass is 16.1. The van der Waals surface area contributed by atoms with Gasteiger partial charge in [-0.15, -0.1) is 0 Å². The van der Waals surface area contributed by atoms with Crippen LogP contribution in [0.5, 0.6) is 0 Å². The number of nitrogens with zero attached hydrogens (tertiary/aromatic N) is 4. The van der Waals surface area contributed by atoms with Gasteiger partial charge in [0.1, 0.15) is 11.3 Å². The van der Waals surface area contributed by atoms with Crippen LogP contribution >= 0.6 is 0 Å². The van der Waals surface area contributed by atoms with Crippen molar-refractivity contribution in [3.63, 3.8) is 0 Å². The van der Waals surface area contributed by atoms with Crippen molar-refractivity contribution in [3.05, 3.63) is 42.0 Å². The maximum atomic E-state index is 11.5. The number of carbonyl (C=O) groups excluding carboxylic acids is 1. The van der Waals surface area contributed by atoms with Crippen molar-refractivity contribution < 1.29 is 4.79 Å². The van der Waals surface area contributed by atoms with Crippen molar-refractivity contribution in [1.82, 2.24) is 14.5 Å². The SMILES string of the molecule is CCCCN(CC1CC1)c1ccc2nc(Nc3ccc(C(C)=O)cc3)n(CCN)c2n1. The van der Waals surface area contributed by atoms with Gasteiger partial charge < -0.3 is 16.0 Å². The summed E-state index contributed by atoms with van der Waals surface area (Å²) in [4.78, 5) is 23.7. The molecule has 1 aliphatic rings. The fourth-order valence-electron chi connectivity index (χ4n) is 3.78. The maximum absolute atomic E-state index is 11.5. The molecule has 0 saturated heterocycles. The topological polar surface area (TPSA) is 89.1 Å². The van der Waals surface area contributed by atoms with Crippen LogP contribution in [-0.2, 0) is 6.54 Å². The Kier molecular flexibility index (Phi) is 6.51. The zero-order chi connectivity index (χ0) is 21.8. The van der Waals surface area contributed by atoms with Crippen LogP contribution in [-0.4, -0.2) is 40.0 Å². The van der Waals surface area contributed by atoms with Crippen molar-refractivity contribution in [1.29, 1.82) is 0 Å². The number of nitrogens with two attached hydrogens (primary N) is 1. The monoisotopic (exact) mass is 420 g/mol. The van der Waals surface area contributed by atoms with Crippen LogP contribution in [0, 0.1) is 5.92 Å². The zero-order valence-corrected chi connectivity index (χ0v) is 18.5. The fourth-order valence-corrected chi connectivity index (χ4v) is 3.78. The van der Waals surface area contributed by atoms with Crippen LogP contribution in [0.1, 0.15) is 49.9 Å². The molecule has 31 heavy (non-hydrogen) atoms.